The number of fused-ring (bicyclic) bond motifs is 2. The van der Waals surface area contributed by atoms with Crippen LogP contribution in [0.15, 0.2) is 24.3 Å². The Labute approximate surface area is 200 Å². The Bertz CT molecular complexity index is 1220. The lowest BCUT2D eigenvalue weighted by Gasteiger charge is -2.28. The summed E-state index contributed by atoms with van der Waals surface area (Å²) in [7, 11) is 0. The number of nitrogens with one attached hydrogen (secondary N) is 2. The van der Waals surface area contributed by atoms with Gasteiger partial charge in [-0.25, -0.2) is 0 Å². The van der Waals surface area contributed by atoms with Crippen molar-refractivity contribution in [1.82, 2.24) is 20.1 Å². The molecular formula is C27H35N5O2. The molecule has 1 aliphatic carbocycles. The van der Waals surface area contributed by atoms with Gasteiger partial charge in [-0.05, 0) is 62.6 Å². The number of likely N-dealkylation sites (N-methyl/N-ethyl adjacent to an activating group) is 1. The number of carbonyl (C=O) groups is 2. The molecule has 0 saturated carbocycles. The Morgan fingerprint density at radius 3 is 2.85 bits per heavy atom. The van der Waals surface area contributed by atoms with Crippen molar-refractivity contribution in [1.29, 1.82) is 0 Å². The number of carbonyl (C=O) groups excluding carboxylic acids is 2. The fourth-order valence-electron chi connectivity index (χ4n) is 5.44. The van der Waals surface area contributed by atoms with Crippen molar-refractivity contribution in [2.45, 2.75) is 65.7 Å². The number of nitrogens with zero attached hydrogens (tertiary/aromatic N) is 3. The summed E-state index contributed by atoms with van der Waals surface area (Å²) in [6, 6.07) is 8.23. The van der Waals surface area contributed by atoms with Gasteiger partial charge in [-0.15, -0.1) is 0 Å². The maximum atomic E-state index is 13.1. The second kappa shape index (κ2) is 8.93. The third-order valence-corrected chi connectivity index (χ3v) is 7.45. The summed E-state index contributed by atoms with van der Waals surface area (Å²) in [6.07, 6.45) is 6.70. The molecule has 7 heteroatoms. The molecule has 2 N–H and O–H groups in total. The van der Waals surface area contributed by atoms with Crippen LogP contribution < -0.4 is 4.90 Å². The molecule has 5 rings (SSSR count). The van der Waals surface area contributed by atoms with Gasteiger partial charge in [0.1, 0.15) is 12.2 Å². The van der Waals surface area contributed by atoms with Crippen molar-refractivity contribution < 1.29 is 9.59 Å². The summed E-state index contributed by atoms with van der Waals surface area (Å²) in [6.45, 7) is 7.98. The third kappa shape index (κ3) is 4.36. The minimum atomic E-state index is -0.0344. The average molecular weight is 462 g/mol. The number of aromatic amines is 2. The van der Waals surface area contributed by atoms with E-state index in [4.69, 9.17) is 0 Å². The first-order valence-corrected chi connectivity index (χ1v) is 12.6. The van der Waals surface area contributed by atoms with Crippen molar-refractivity contribution in [3.05, 3.63) is 35.5 Å². The van der Waals surface area contributed by atoms with Crippen LogP contribution in [0.2, 0.25) is 0 Å². The van der Waals surface area contributed by atoms with E-state index in [0.29, 0.717) is 24.9 Å². The third-order valence-electron chi connectivity index (χ3n) is 7.45. The minimum Gasteiger partial charge on any atom is -0.353 e. The molecule has 0 radical (unpaired) electrons. The largest absolute Gasteiger partial charge is 0.353 e. The lowest BCUT2D eigenvalue weighted by atomic mass is 9.76. The molecule has 180 valence electrons. The lowest BCUT2D eigenvalue weighted by Crippen LogP contribution is -2.42. The molecule has 3 aromatic rings. The maximum absolute atomic E-state index is 13.1. The predicted octanol–water partition coefficient (Wildman–Crippen LogP) is 4.83. The molecule has 0 spiro atoms. The summed E-state index contributed by atoms with van der Waals surface area (Å²) < 4.78 is 0. The van der Waals surface area contributed by atoms with Crippen LogP contribution in [-0.4, -0.2) is 51.5 Å². The molecule has 7 nitrogen and oxygen atoms in total. The highest BCUT2D eigenvalue weighted by molar-refractivity contribution is 5.99. The normalized spacial score (nSPS) is 18.1. The van der Waals surface area contributed by atoms with Crippen molar-refractivity contribution in [2.75, 3.05) is 24.5 Å². The van der Waals surface area contributed by atoms with Crippen LogP contribution in [0.5, 0.6) is 0 Å². The first-order valence-electron chi connectivity index (χ1n) is 12.6. The molecule has 3 heterocycles. The van der Waals surface area contributed by atoms with Crippen LogP contribution in [0.1, 0.15) is 64.1 Å². The van der Waals surface area contributed by atoms with Crippen molar-refractivity contribution in [3.8, 4) is 11.4 Å². The number of amides is 2. The number of hydrogen-bond acceptors (Lipinski definition) is 3. The summed E-state index contributed by atoms with van der Waals surface area (Å²) in [5.74, 6) is 0.0601. The second-order valence-electron chi connectivity index (χ2n) is 10.6. The molecular weight excluding hydrogens is 426 g/mol. The summed E-state index contributed by atoms with van der Waals surface area (Å²) in [4.78, 5) is 32.6. The van der Waals surface area contributed by atoms with Gasteiger partial charge < -0.3 is 14.8 Å². The number of likely N-dealkylation sites (tertiary alicyclic amines) is 1. The van der Waals surface area contributed by atoms with Crippen LogP contribution in [0.4, 0.5) is 5.69 Å². The van der Waals surface area contributed by atoms with Gasteiger partial charge in [0.2, 0.25) is 11.8 Å². The molecule has 1 aliphatic heterocycles. The highest BCUT2D eigenvalue weighted by atomic mass is 16.2. The molecule has 2 amide bonds. The van der Waals surface area contributed by atoms with Crippen LogP contribution in [0.3, 0.4) is 0 Å². The first-order chi connectivity index (χ1) is 16.3. The monoisotopic (exact) mass is 461 g/mol. The smallest absolute Gasteiger partial charge is 0.246 e. The van der Waals surface area contributed by atoms with Gasteiger partial charge in [-0.3, -0.25) is 14.7 Å². The highest BCUT2D eigenvalue weighted by Gasteiger charge is 2.29. The Balaban J connectivity index is 1.38. The molecule has 1 saturated heterocycles. The Morgan fingerprint density at radius 2 is 2.03 bits per heavy atom. The van der Waals surface area contributed by atoms with Crippen LogP contribution in [0, 0.1) is 5.41 Å². The maximum Gasteiger partial charge on any atom is 0.246 e. The summed E-state index contributed by atoms with van der Waals surface area (Å²) in [5.41, 5.74) is 6.72. The molecule has 1 fully saturated rings. The fraction of sp³-hybridized carbons (Fsp3) is 0.519. The average Bonchev–Trinajstić information content (AvgIpc) is 3.34. The van der Waals surface area contributed by atoms with E-state index >= 15 is 0 Å². The van der Waals surface area contributed by atoms with E-state index in [1.807, 2.05) is 19.1 Å². The second-order valence-corrected chi connectivity index (χ2v) is 10.6. The molecule has 0 atom stereocenters. The van der Waals surface area contributed by atoms with Gasteiger partial charge in [-0.2, -0.15) is 5.10 Å². The van der Waals surface area contributed by atoms with E-state index in [1.165, 1.54) is 11.3 Å². The van der Waals surface area contributed by atoms with Crippen LogP contribution >= 0.6 is 0 Å². The Hall–Kier alpha value is -3.09. The number of benzene rings is 1. The quantitative estimate of drug-likeness (QED) is 0.571. The van der Waals surface area contributed by atoms with Crippen LogP contribution in [-0.2, 0) is 22.4 Å². The number of anilines is 1. The van der Waals surface area contributed by atoms with Crippen molar-refractivity contribution >= 4 is 28.4 Å². The van der Waals surface area contributed by atoms with E-state index in [0.717, 1.165) is 66.5 Å². The number of hydrogen-bond donors (Lipinski definition) is 2. The summed E-state index contributed by atoms with van der Waals surface area (Å²) in [5, 5.41) is 9.02. The molecule has 0 unspecified atom stereocenters. The number of rotatable bonds is 5. The van der Waals surface area contributed by atoms with Gasteiger partial charge in [0.05, 0.1) is 5.69 Å². The SMILES string of the molecule is CCN(C(=O)CN1CCCCCC1=O)c1ccc2cc(-c3n[nH]c4c3CCC(C)(C)C4)[nH]c2c1. The number of H-pyrrole nitrogens is 2. The molecule has 1 aromatic carbocycles. The summed E-state index contributed by atoms with van der Waals surface area (Å²) >= 11 is 0. The molecule has 34 heavy (non-hydrogen) atoms. The van der Waals surface area contributed by atoms with Gasteiger partial charge >= 0.3 is 0 Å². The standard InChI is InChI=1S/C27H35N5O2/c1-4-32(25(34)17-31-13-7-5-6-8-24(31)33)19-10-9-18-14-22(28-21(18)15-19)26-20-11-12-27(2,3)16-23(20)29-30-26/h9-10,14-15,28H,4-8,11-13,16-17H2,1-3H3,(H,29,30). The first kappa shape index (κ1) is 22.7. The minimum absolute atomic E-state index is 0.0344. The molecule has 2 aromatic heterocycles. The van der Waals surface area contributed by atoms with Crippen molar-refractivity contribution in [2.24, 2.45) is 5.41 Å². The van der Waals surface area contributed by atoms with E-state index in [-0.39, 0.29) is 18.4 Å². The lowest BCUT2D eigenvalue weighted by molar-refractivity contribution is -0.134. The van der Waals surface area contributed by atoms with Crippen LogP contribution in [0.25, 0.3) is 22.3 Å². The van der Waals surface area contributed by atoms with E-state index in [2.05, 4.69) is 41.2 Å². The van der Waals surface area contributed by atoms with Gasteiger partial charge in [0.25, 0.3) is 0 Å². The Morgan fingerprint density at radius 1 is 1.18 bits per heavy atom. The van der Waals surface area contributed by atoms with Gasteiger partial charge in [-0.1, -0.05) is 26.3 Å². The predicted molar refractivity (Wildman–Crippen MR) is 135 cm³/mol. The van der Waals surface area contributed by atoms with E-state index in [9.17, 15) is 9.59 Å². The Kier molecular flexibility index (Phi) is 5.96. The molecule has 0 bridgehead atoms. The zero-order valence-corrected chi connectivity index (χ0v) is 20.5. The highest BCUT2D eigenvalue weighted by Crippen LogP contribution is 2.38. The molecule has 2 aliphatic rings. The fourth-order valence-corrected chi connectivity index (χ4v) is 5.44. The van der Waals surface area contributed by atoms with E-state index in [1.54, 1.807) is 9.80 Å². The topological polar surface area (TPSA) is 85.1 Å². The van der Waals surface area contributed by atoms with Gasteiger partial charge in [0, 0.05) is 47.4 Å². The zero-order valence-electron chi connectivity index (χ0n) is 20.5. The van der Waals surface area contributed by atoms with Gasteiger partial charge in [0.15, 0.2) is 0 Å². The number of aromatic nitrogens is 3. The zero-order chi connectivity index (χ0) is 23.9. The van der Waals surface area contributed by atoms with E-state index < -0.39 is 0 Å². The van der Waals surface area contributed by atoms with Crippen molar-refractivity contribution in [3.63, 3.8) is 0 Å².